The Balaban J connectivity index is 2.29. The van der Waals surface area contributed by atoms with E-state index in [1.807, 2.05) is 72.8 Å². The Morgan fingerprint density at radius 2 is 1.32 bits per heavy atom. The summed E-state index contributed by atoms with van der Waals surface area (Å²) >= 11 is 3.50. The molecule has 0 aliphatic carbocycles. The predicted molar refractivity (Wildman–Crippen MR) is 92.0 cm³/mol. The van der Waals surface area contributed by atoms with Gasteiger partial charge in [-0.1, -0.05) is 82.7 Å². The highest BCUT2D eigenvalue weighted by molar-refractivity contribution is 9.10. The Hall–Kier alpha value is -2.39. The Labute approximate surface area is 137 Å². The van der Waals surface area contributed by atoms with E-state index in [0.29, 0.717) is 11.1 Å². The number of hydrogen-bond donors (Lipinski definition) is 1. The van der Waals surface area contributed by atoms with Crippen molar-refractivity contribution < 1.29 is 9.90 Å². The molecule has 0 spiro atoms. The average Bonchev–Trinajstić information content (AvgIpc) is 2.55. The van der Waals surface area contributed by atoms with Gasteiger partial charge >= 0.3 is 5.97 Å². The highest BCUT2D eigenvalue weighted by atomic mass is 79.9. The molecule has 3 heteroatoms. The van der Waals surface area contributed by atoms with E-state index in [-0.39, 0.29) is 0 Å². The molecule has 0 aliphatic heterocycles. The summed E-state index contributed by atoms with van der Waals surface area (Å²) in [5.74, 6) is -0.926. The molecule has 3 aromatic carbocycles. The van der Waals surface area contributed by atoms with Gasteiger partial charge < -0.3 is 5.11 Å². The zero-order valence-corrected chi connectivity index (χ0v) is 13.2. The summed E-state index contributed by atoms with van der Waals surface area (Å²) in [6, 6.07) is 22.8. The van der Waals surface area contributed by atoms with Crippen LogP contribution < -0.4 is 0 Å². The van der Waals surface area contributed by atoms with Crippen molar-refractivity contribution in [3.8, 4) is 22.3 Å². The van der Waals surface area contributed by atoms with E-state index >= 15 is 0 Å². The number of aromatic carboxylic acids is 1. The van der Waals surface area contributed by atoms with Gasteiger partial charge in [0.15, 0.2) is 0 Å². The van der Waals surface area contributed by atoms with E-state index in [0.717, 1.165) is 21.2 Å². The molecule has 1 N–H and O–H groups in total. The molecule has 2 nitrogen and oxygen atoms in total. The predicted octanol–water partition coefficient (Wildman–Crippen LogP) is 5.48. The first kappa shape index (κ1) is 14.5. The van der Waals surface area contributed by atoms with Gasteiger partial charge in [-0.25, -0.2) is 4.79 Å². The van der Waals surface area contributed by atoms with E-state index < -0.39 is 5.97 Å². The SMILES string of the molecule is O=C(O)c1c(-c2ccccc2)cccc1-c1ccccc1Br. The molecular weight excluding hydrogens is 340 g/mol. The maximum absolute atomic E-state index is 11.9. The largest absolute Gasteiger partial charge is 0.478 e. The van der Waals surface area contributed by atoms with E-state index in [4.69, 9.17) is 0 Å². The van der Waals surface area contributed by atoms with Crippen LogP contribution in [0, 0.1) is 0 Å². The fourth-order valence-electron chi connectivity index (χ4n) is 2.55. The second kappa shape index (κ2) is 6.16. The minimum Gasteiger partial charge on any atom is -0.478 e. The monoisotopic (exact) mass is 352 g/mol. The van der Waals surface area contributed by atoms with Crippen LogP contribution in [-0.4, -0.2) is 11.1 Å². The van der Waals surface area contributed by atoms with Crippen molar-refractivity contribution in [1.29, 1.82) is 0 Å². The van der Waals surface area contributed by atoms with Gasteiger partial charge in [0, 0.05) is 4.47 Å². The van der Waals surface area contributed by atoms with E-state index in [2.05, 4.69) is 15.9 Å². The third kappa shape index (κ3) is 2.68. The summed E-state index contributed by atoms with van der Waals surface area (Å²) in [6.07, 6.45) is 0. The van der Waals surface area contributed by atoms with Crippen molar-refractivity contribution in [2.24, 2.45) is 0 Å². The molecule has 0 aliphatic rings. The molecule has 0 heterocycles. The Kier molecular flexibility index (Phi) is 4.07. The standard InChI is InChI=1S/C19H13BrO2/c20-17-12-5-4-9-15(17)16-11-6-10-14(18(16)19(21)22)13-7-2-1-3-8-13/h1-12H,(H,21,22). The van der Waals surface area contributed by atoms with Gasteiger partial charge in [0.25, 0.3) is 0 Å². The van der Waals surface area contributed by atoms with Crippen LogP contribution in [0.15, 0.2) is 77.3 Å². The summed E-state index contributed by atoms with van der Waals surface area (Å²) in [4.78, 5) is 11.9. The molecule has 108 valence electrons. The van der Waals surface area contributed by atoms with Crippen LogP contribution in [0.5, 0.6) is 0 Å². The van der Waals surface area contributed by atoms with Crippen molar-refractivity contribution >= 4 is 21.9 Å². The normalized spacial score (nSPS) is 10.4. The minimum absolute atomic E-state index is 0.320. The molecule has 0 bridgehead atoms. The lowest BCUT2D eigenvalue weighted by atomic mass is 9.92. The van der Waals surface area contributed by atoms with Gasteiger partial charge in [0.05, 0.1) is 5.56 Å². The highest BCUT2D eigenvalue weighted by Gasteiger charge is 2.18. The van der Waals surface area contributed by atoms with Gasteiger partial charge in [-0.15, -0.1) is 0 Å². The third-order valence-electron chi connectivity index (χ3n) is 3.53. The van der Waals surface area contributed by atoms with Crippen LogP contribution in [0.1, 0.15) is 10.4 Å². The summed E-state index contributed by atoms with van der Waals surface area (Å²) in [6.45, 7) is 0. The first-order valence-electron chi connectivity index (χ1n) is 6.85. The Morgan fingerprint density at radius 1 is 0.727 bits per heavy atom. The molecular formula is C19H13BrO2. The quantitative estimate of drug-likeness (QED) is 0.677. The average molecular weight is 353 g/mol. The fraction of sp³-hybridized carbons (Fsp3) is 0. The Morgan fingerprint density at radius 3 is 2.00 bits per heavy atom. The summed E-state index contributed by atoms with van der Waals surface area (Å²) < 4.78 is 0.878. The molecule has 22 heavy (non-hydrogen) atoms. The van der Waals surface area contributed by atoms with E-state index in [1.54, 1.807) is 0 Å². The topological polar surface area (TPSA) is 37.3 Å². The molecule has 0 aromatic heterocycles. The number of halogens is 1. The van der Waals surface area contributed by atoms with Crippen molar-refractivity contribution in [2.45, 2.75) is 0 Å². The smallest absolute Gasteiger partial charge is 0.336 e. The lowest BCUT2D eigenvalue weighted by Crippen LogP contribution is -2.03. The van der Waals surface area contributed by atoms with Crippen LogP contribution >= 0.6 is 15.9 Å². The van der Waals surface area contributed by atoms with Gasteiger partial charge in [0.1, 0.15) is 0 Å². The molecule has 3 rings (SSSR count). The molecule has 0 saturated heterocycles. The second-order valence-corrected chi connectivity index (χ2v) is 5.73. The van der Waals surface area contributed by atoms with E-state index in [9.17, 15) is 9.90 Å². The molecule has 0 unspecified atom stereocenters. The molecule has 0 fully saturated rings. The van der Waals surface area contributed by atoms with Crippen LogP contribution in [0.4, 0.5) is 0 Å². The van der Waals surface area contributed by atoms with Crippen LogP contribution in [-0.2, 0) is 0 Å². The van der Waals surface area contributed by atoms with Crippen molar-refractivity contribution in [1.82, 2.24) is 0 Å². The van der Waals surface area contributed by atoms with E-state index in [1.165, 1.54) is 0 Å². The number of hydrogen-bond acceptors (Lipinski definition) is 1. The summed E-state index contributed by atoms with van der Waals surface area (Å²) in [5, 5.41) is 9.74. The van der Waals surface area contributed by atoms with Crippen molar-refractivity contribution in [2.75, 3.05) is 0 Å². The van der Waals surface area contributed by atoms with Crippen LogP contribution in [0.2, 0.25) is 0 Å². The lowest BCUT2D eigenvalue weighted by Gasteiger charge is -2.13. The van der Waals surface area contributed by atoms with Crippen molar-refractivity contribution in [3.05, 3.63) is 82.8 Å². The first-order valence-corrected chi connectivity index (χ1v) is 7.64. The number of rotatable bonds is 3. The Bertz CT molecular complexity index is 826. The molecule has 0 atom stereocenters. The van der Waals surface area contributed by atoms with Crippen LogP contribution in [0.3, 0.4) is 0 Å². The van der Waals surface area contributed by atoms with Gasteiger partial charge in [-0.2, -0.15) is 0 Å². The third-order valence-corrected chi connectivity index (χ3v) is 4.22. The number of carboxylic acids is 1. The first-order chi connectivity index (χ1) is 10.7. The second-order valence-electron chi connectivity index (χ2n) is 4.88. The highest BCUT2D eigenvalue weighted by Crippen LogP contribution is 2.35. The number of carbonyl (C=O) groups is 1. The maximum atomic E-state index is 11.9. The number of carboxylic acid groups (broad SMARTS) is 1. The molecule has 0 radical (unpaired) electrons. The molecule has 0 amide bonds. The summed E-state index contributed by atoms with van der Waals surface area (Å²) in [5.41, 5.74) is 3.52. The van der Waals surface area contributed by atoms with Gasteiger partial charge in [-0.05, 0) is 28.3 Å². The van der Waals surface area contributed by atoms with Crippen molar-refractivity contribution in [3.63, 3.8) is 0 Å². The minimum atomic E-state index is -0.926. The van der Waals surface area contributed by atoms with Gasteiger partial charge in [0.2, 0.25) is 0 Å². The molecule has 0 saturated carbocycles. The zero-order valence-electron chi connectivity index (χ0n) is 11.7. The fourth-order valence-corrected chi connectivity index (χ4v) is 3.04. The number of benzene rings is 3. The lowest BCUT2D eigenvalue weighted by molar-refractivity contribution is 0.0698. The van der Waals surface area contributed by atoms with Gasteiger partial charge in [-0.3, -0.25) is 0 Å². The molecule has 3 aromatic rings. The maximum Gasteiger partial charge on any atom is 0.336 e. The summed E-state index contributed by atoms with van der Waals surface area (Å²) in [7, 11) is 0. The van der Waals surface area contributed by atoms with Crippen LogP contribution in [0.25, 0.3) is 22.3 Å². The zero-order chi connectivity index (χ0) is 15.5.